The summed E-state index contributed by atoms with van der Waals surface area (Å²) in [5, 5.41) is 8.17. The molecule has 1 aliphatic rings. The van der Waals surface area contributed by atoms with Gasteiger partial charge in [-0.15, -0.1) is 0 Å². The van der Waals surface area contributed by atoms with Crippen LogP contribution in [0.15, 0.2) is 60.9 Å². The minimum Gasteiger partial charge on any atom is -0.345 e. The fourth-order valence-corrected chi connectivity index (χ4v) is 3.71. The summed E-state index contributed by atoms with van der Waals surface area (Å²) in [7, 11) is 0. The van der Waals surface area contributed by atoms with E-state index in [0.29, 0.717) is 17.1 Å². The maximum Gasteiger partial charge on any atom is 0.254 e. The molecule has 1 amide bonds. The van der Waals surface area contributed by atoms with Gasteiger partial charge in [0.05, 0.1) is 24.3 Å². The number of nitrogens with zero attached hydrogens (tertiary/aromatic N) is 2. The van der Waals surface area contributed by atoms with Crippen molar-refractivity contribution in [3.63, 3.8) is 0 Å². The van der Waals surface area contributed by atoms with Crippen molar-refractivity contribution in [2.75, 3.05) is 0 Å². The van der Waals surface area contributed by atoms with Gasteiger partial charge in [-0.3, -0.25) is 9.48 Å². The molecule has 1 N–H and O–H groups in total. The van der Waals surface area contributed by atoms with Crippen LogP contribution in [0.1, 0.15) is 45.9 Å². The average Bonchev–Trinajstić information content (AvgIpc) is 3.13. The summed E-state index contributed by atoms with van der Waals surface area (Å²) in [6.07, 6.45) is 6.52. The monoisotopic (exact) mass is 365 g/mol. The Morgan fingerprint density at radius 1 is 1.19 bits per heavy atom. The van der Waals surface area contributed by atoms with E-state index in [1.165, 1.54) is 11.1 Å². The Morgan fingerprint density at radius 2 is 2.00 bits per heavy atom. The third-order valence-corrected chi connectivity index (χ3v) is 5.23. The fraction of sp³-hybridized carbons (Fsp3) is 0.238. The van der Waals surface area contributed by atoms with E-state index < -0.39 is 0 Å². The molecular formula is C21H20ClN3O. The molecule has 4 rings (SSSR count). The molecule has 0 aliphatic heterocycles. The van der Waals surface area contributed by atoms with Gasteiger partial charge >= 0.3 is 0 Å². The molecule has 4 nitrogen and oxygen atoms in total. The number of aromatic nitrogens is 2. The van der Waals surface area contributed by atoms with Crippen molar-refractivity contribution < 1.29 is 4.79 Å². The molecular weight excluding hydrogens is 346 g/mol. The van der Waals surface area contributed by atoms with Crippen molar-refractivity contribution in [3.8, 4) is 0 Å². The number of fused-ring (bicyclic) bond motifs is 1. The van der Waals surface area contributed by atoms with E-state index in [2.05, 4.69) is 28.6 Å². The summed E-state index contributed by atoms with van der Waals surface area (Å²) in [6, 6.07) is 16.1. The lowest BCUT2D eigenvalue weighted by atomic mass is 9.87. The van der Waals surface area contributed by atoms with Gasteiger partial charge in [-0.1, -0.05) is 54.1 Å². The van der Waals surface area contributed by atoms with Crippen molar-refractivity contribution in [2.24, 2.45) is 0 Å². The molecule has 1 aliphatic carbocycles. The Labute approximate surface area is 157 Å². The Morgan fingerprint density at radius 3 is 2.88 bits per heavy atom. The second kappa shape index (κ2) is 7.34. The smallest absolute Gasteiger partial charge is 0.254 e. The highest BCUT2D eigenvalue weighted by atomic mass is 35.5. The van der Waals surface area contributed by atoms with Crippen molar-refractivity contribution in [1.82, 2.24) is 15.1 Å². The zero-order valence-corrected chi connectivity index (χ0v) is 15.1. The van der Waals surface area contributed by atoms with E-state index in [1.807, 2.05) is 30.3 Å². The van der Waals surface area contributed by atoms with E-state index in [-0.39, 0.29) is 11.9 Å². The number of hydrogen-bond acceptors (Lipinski definition) is 2. The lowest BCUT2D eigenvalue weighted by Gasteiger charge is -2.26. The molecule has 0 saturated carbocycles. The number of hydrogen-bond donors (Lipinski definition) is 1. The van der Waals surface area contributed by atoms with Crippen LogP contribution in [0, 0.1) is 0 Å². The summed E-state index contributed by atoms with van der Waals surface area (Å²) in [5.74, 6) is -0.0860. The van der Waals surface area contributed by atoms with Crippen LogP contribution in [0.5, 0.6) is 0 Å². The molecule has 1 aromatic heterocycles. The lowest BCUT2D eigenvalue weighted by molar-refractivity contribution is 0.0932. The van der Waals surface area contributed by atoms with Gasteiger partial charge in [-0.2, -0.15) is 5.10 Å². The molecule has 0 bridgehead atoms. The predicted octanol–water partition coefficient (Wildman–Crippen LogP) is 4.39. The third-order valence-electron chi connectivity index (χ3n) is 4.86. The summed E-state index contributed by atoms with van der Waals surface area (Å²) in [5.41, 5.74) is 4.11. The van der Waals surface area contributed by atoms with E-state index in [9.17, 15) is 4.79 Å². The number of benzene rings is 2. The van der Waals surface area contributed by atoms with Crippen LogP contribution in [-0.4, -0.2) is 15.7 Å². The number of rotatable bonds is 4. The minimum atomic E-state index is -0.0860. The van der Waals surface area contributed by atoms with Gasteiger partial charge in [0, 0.05) is 11.2 Å². The Hall–Kier alpha value is -2.59. The van der Waals surface area contributed by atoms with Crippen molar-refractivity contribution >= 4 is 17.5 Å². The SMILES string of the molecule is O=C(N[C@@H]1CCCc2ccccc21)c1cnn(Cc2ccccc2Cl)c1. The maximum atomic E-state index is 12.7. The zero-order valence-electron chi connectivity index (χ0n) is 14.4. The van der Waals surface area contributed by atoms with Gasteiger partial charge in [0.25, 0.3) is 5.91 Å². The van der Waals surface area contributed by atoms with Crippen molar-refractivity contribution in [1.29, 1.82) is 0 Å². The van der Waals surface area contributed by atoms with Crippen molar-refractivity contribution in [3.05, 3.63) is 88.2 Å². The van der Waals surface area contributed by atoms with Gasteiger partial charge in [-0.25, -0.2) is 0 Å². The summed E-state index contributed by atoms with van der Waals surface area (Å²) >= 11 is 6.20. The van der Waals surface area contributed by atoms with E-state index in [4.69, 9.17) is 11.6 Å². The van der Waals surface area contributed by atoms with E-state index in [0.717, 1.165) is 24.8 Å². The van der Waals surface area contributed by atoms with Crippen LogP contribution in [-0.2, 0) is 13.0 Å². The number of carbonyl (C=O) groups is 1. The van der Waals surface area contributed by atoms with Crippen molar-refractivity contribution in [2.45, 2.75) is 31.8 Å². The molecule has 1 atom stereocenters. The molecule has 0 saturated heterocycles. The molecule has 0 fully saturated rings. The first kappa shape index (κ1) is 16.9. The Kier molecular flexibility index (Phi) is 4.76. The molecule has 0 radical (unpaired) electrons. The lowest BCUT2D eigenvalue weighted by Crippen LogP contribution is -2.30. The number of aryl methyl sites for hydroxylation is 1. The molecule has 2 aromatic carbocycles. The number of halogens is 1. The van der Waals surface area contributed by atoms with Gasteiger partial charge in [0.15, 0.2) is 0 Å². The average molecular weight is 366 g/mol. The molecule has 3 aromatic rings. The topological polar surface area (TPSA) is 46.9 Å². The van der Waals surface area contributed by atoms with Gasteiger partial charge < -0.3 is 5.32 Å². The second-order valence-corrected chi connectivity index (χ2v) is 7.04. The van der Waals surface area contributed by atoms with Gasteiger partial charge in [-0.05, 0) is 42.0 Å². The summed E-state index contributed by atoms with van der Waals surface area (Å²) in [4.78, 5) is 12.7. The first-order chi connectivity index (χ1) is 12.7. The standard InChI is InChI=1S/C21H20ClN3O/c22-19-10-4-2-7-16(19)13-25-14-17(12-23-25)21(26)24-20-11-5-8-15-6-1-3-9-18(15)20/h1-4,6-7,9-10,12,14,20H,5,8,11,13H2,(H,24,26)/t20-/m1/s1. The minimum absolute atomic E-state index is 0.0689. The number of nitrogens with one attached hydrogen (secondary N) is 1. The van der Waals surface area contributed by atoms with Gasteiger partial charge in [0.1, 0.15) is 0 Å². The summed E-state index contributed by atoms with van der Waals surface area (Å²) < 4.78 is 1.74. The highest BCUT2D eigenvalue weighted by molar-refractivity contribution is 6.31. The molecule has 0 unspecified atom stereocenters. The van der Waals surface area contributed by atoms with Crippen LogP contribution < -0.4 is 5.32 Å². The number of carbonyl (C=O) groups excluding carboxylic acids is 1. The largest absolute Gasteiger partial charge is 0.345 e. The second-order valence-electron chi connectivity index (χ2n) is 6.64. The van der Waals surface area contributed by atoms with E-state index >= 15 is 0 Å². The number of amides is 1. The highest BCUT2D eigenvalue weighted by Crippen LogP contribution is 2.29. The van der Waals surface area contributed by atoms with E-state index in [1.54, 1.807) is 17.1 Å². The molecule has 132 valence electrons. The van der Waals surface area contributed by atoms with Crippen LogP contribution >= 0.6 is 11.6 Å². The molecule has 26 heavy (non-hydrogen) atoms. The maximum absolute atomic E-state index is 12.7. The van der Waals surface area contributed by atoms with Gasteiger partial charge in [0.2, 0.25) is 0 Å². The van der Waals surface area contributed by atoms with Crippen LogP contribution in [0.25, 0.3) is 0 Å². The molecule has 1 heterocycles. The predicted molar refractivity (Wildman–Crippen MR) is 102 cm³/mol. The molecule has 0 spiro atoms. The Bertz CT molecular complexity index is 934. The quantitative estimate of drug-likeness (QED) is 0.745. The zero-order chi connectivity index (χ0) is 17.9. The van der Waals surface area contributed by atoms with Crippen LogP contribution in [0.2, 0.25) is 5.02 Å². The summed E-state index contributed by atoms with van der Waals surface area (Å²) in [6.45, 7) is 0.541. The Balaban J connectivity index is 1.47. The van der Waals surface area contributed by atoms with Crippen LogP contribution in [0.4, 0.5) is 0 Å². The first-order valence-corrected chi connectivity index (χ1v) is 9.23. The highest BCUT2D eigenvalue weighted by Gasteiger charge is 2.22. The van der Waals surface area contributed by atoms with Crippen LogP contribution in [0.3, 0.4) is 0 Å². The fourth-order valence-electron chi connectivity index (χ4n) is 3.51. The normalized spacial score (nSPS) is 16.1. The third kappa shape index (κ3) is 3.51. The molecule has 5 heteroatoms. The first-order valence-electron chi connectivity index (χ1n) is 8.85.